The number of H-pyrrole nitrogens is 1. The molecule has 0 amide bonds. The van der Waals surface area contributed by atoms with Crippen molar-refractivity contribution in [3.63, 3.8) is 0 Å². The van der Waals surface area contributed by atoms with E-state index in [9.17, 15) is 0 Å². The Hall–Kier alpha value is -1.16. The van der Waals surface area contributed by atoms with Crippen LogP contribution in [-0.4, -0.2) is 15.2 Å². The van der Waals surface area contributed by atoms with Crippen LogP contribution >= 0.6 is 15.9 Å². The maximum Gasteiger partial charge on any atom is 0.181 e. The maximum absolute atomic E-state index is 4.74. The number of nitrogens with one attached hydrogen (secondary N) is 1. The molecule has 0 spiro atoms. The zero-order valence-corrected chi connectivity index (χ0v) is 17.4. The third kappa shape index (κ3) is 4.33. The Bertz CT molecular complexity index is 667. The van der Waals surface area contributed by atoms with Crippen molar-refractivity contribution in [2.45, 2.75) is 58.2 Å². The molecule has 1 saturated carbocycles. The number of alkyl halides is 1. The second-order valence-electron chi connectivity index (χ2n) is 7.98. The Labute approximate surface area is 160 Å². The fraction of sp³-hybridized carbons (Fsp3) is 0.619. The molecule has 1 heterocycles. The molecule has 25 heavy (non-hydrogen) atoms. The Morgan fingerprint density at radius 2 is 1.80 bits per heavy atom. The number of aryl methyl sites for hydroxylation is 1. The van der Waals surface area contributed by atoms with E-state index in [0.717, 1.165) is 47.3 Å². The average molecular weight is 404 g/mol. The van der Waals surface area contributed by atoms with E-state index in [1.165, 1.54) is 24.8 Å². The number of hydrogen-bond donors (Lipinski definition) is 1. The van der Waals surface area contributed by atoms with E-state index >= 15 is 0 Å². The molecular weight excluding hydrogens is 374 g/mol. The summed E-state index contributed by atoms with van der Waals surface area (Å²) in [7, 11) is 0. The molecule has 0 saturated heterocycles. The maximum atomic E-state index is 4.74. The molecule has 3 atom stereocenters. The Balaban J connectivity index is 1.67. The molecule has 1 aliphatic carbocycles. The van der Waals surface area contributed by atoms with Crippen LogP contribution in [-0.2, 0) is 0 Å². The molecule has 1 aromatic carbocycles. The van der Waals surface area contributed by atoms with E-state index in [-0.39, 0.29) is 4.83 Å². The van der Waals surface area contributed by atoms with Gasteiger partial charge in [-0.2, -0.15) is 5.10 Å². The van der Waals surface area contributed by atoms with Crippen LogP contribution in [0.25, 0.3) is 11.4 Å². The van der Waals surface area contributed by atoms with Crippen molar-refractivity contribution in [2.24, 2.45) is 23.7 Å². The van der Waals surface area contributed by atoms with Crippen molar-refractivity contribution in [2.75, 3.05) is 0 Å². The number of rotatable bonds is 5. The van der Waals surface area contributed by atoms with Gasteiger partial charge in [-0.25, -0.2) is 4.98 Å². The van der Waals surface area contributed by atoms with Gasteiger partial charge in [-0.15, -0.1) is 0 Å². The van der Waals surface area contributed by atoms with Gasteiger partial charge >= 0.3 is 0 Å². The van der Waals surface area contributed by atoms with Gasteiger partial charge in [0.05, 0.1) is 4.83 Å². The molecule has 1 N–H and O–H groups in total. The molecule has 2 aromatic rings. The van der Waals surface area contributed by atoms with Crippen LogP contribution in [0.1, 0.15) is 62.7 Å². The fourth-order valence-corrected chi connectivity index (χ4v) is 5.09. The summed E-state index contributed by atoms with van der Waals surface area (Å²) in [5.74, 6) is 4.97. The standard InChI is InChI=1S/C21H30BrN3/c1-5-16-10-14(3)18(15(4)11-16)12-19(22)21-23-20(24-25-21)17-8-6-13(2)7-9-17/h6-9,14-16,18-19H,5,10-12H2,1-4H3,(H,23,24,25). The first-order valence-corrected chi connectivity index (χ1v) is 10.5. The van der Waals surface area contributed by atoms with Gasteiger partial charge in [0.25, 0.3) is 0 Å². The van der Waals surface area contributed by atoms with Crippen LogP contribution < -0.4 is 0 Å². The molecule has 3 rings (SSSR count). The lowest BCUT2D eigenvalue weighted by molar-refractivity contribution is 0.117. The highest BCUT2D eigenvalue weighted by Crippen LogP contribution is 2.44. The van der Waals surface area contributed by atoms with Gasteiger partial charge in [0.2, 0.25) is 0 Å². The first-order valence-electron chi connectivity index (χ1n) is 9.61. The summed E-state index contributed by atoms with van der Waals surface area (Å²) in [5.41, 5.74) is 2.32. The molecule has 1 fully saturated rings. The summed E-state index contributed by atoms with van der Waals surface area (Å²) in [6, 6.07) is 8.38. The van der Waals surface area contributed by atoms with Crippen molar-refractivity contribution >= 4 is 15.9 Å². The van der Waals surface area contributed by atoms with Crippen LogP contribution in [0, 0.1) is 30.6 Å². The van der Waals surface area contributed by atoms with Crippen molar-refractivity contribution in [1.29, 1.82) is 0 Å². The van der Waals surface area contributed by atoms with Crippen molar-refractivity contribution in [3.05, 3.63) is 35.7 Å². The average Bonchev–Trinajstić information content (AvgIpc) is 3.08. The molecule has 3 unspecified atom stereocenters. The van der Waals surface area contributed by atoms with Gasteiger partial charge < -0.3 is 0 Å². The number of nitrogens with zero attached hydrogens (tertiary/aromatic N) is 2. The van der Waals surface area contributed by atoms with Crippen molar-refractivity contribution < 1.29 is 0 Å². The number of aromatic amines is 1. The summed E-state index contributed by atoms with van der Waals surface area (Å²) >= 11 is 3.87. The molecule has 0 radical (unpaired) electrons. The Morgan fingerprint density at radius 3 is 2.40 bits per heavy atom. The number of hydrogen-bond acceptors (Lipinski definition) is 2. The topological polar surface area (TPSA) is 41.6 Å². The molecule has 0 aliphatic heterocycles. The smallest absolute Gasteiger partial charge is 0.181 e. The summed E-state index contributed by atoms with van der Waals surface area (Å²) < 4.78 is 0. The molecular formula is C21H30BrN3. The molecule has 4 heteroatoms. The molecule has 0 bridgehead atoms. The molecule has 3 nitrogen and oxygen atoms in total. The SMILES string of the molecule is CCC1CC(C)C(CC(Br)c2nc(-c3ccc(C)cc3)n[nH]2)C(C)C1. The zero-order chi connectivity index (χ0) is 18.0. The Morgan fingerprint density at radius 1 is 1.16 bits per heavy atom. The molecule has 136 valence electrons. The van der Waals surface area contributed by atoms with E-state index in [1.54, 1.807) is 0 Å². The number of benzene rings is 1. The lowest BCUT2D eigenvalue weighted by Crippen LogP contribution is -2.30. The van der Waals surface area contributed by atoms with E-state index < -0.39 is 0 Å². The second kappa shape index (κ2) is 8.03. The van der Waals surface area contributed by atoms with Gasteiger partial charge in [0.1, 0.15) is 5.82 Å². The van der Waals surface area contributed by atoms with Crippen LogP contribution in [0.15, 0.2) is 24.3 Å². The third-order valence-corrected chi connectivity index (χ3v) is 6.85. The van der Waals surface area contributed by atoms with Gasteiger partial charge in [-0.05, 0) is 49.9 Å². The summed E-state index contributed by atoms with van der Waals surface area (Å²) in [6.45, 7) is 9.29. The fourth-order valence-electron chi connectivity index (χ4n) is 4.45. The van der Waals surface area contributed by atoms with Gasteiger partial charge in [-0.1, -0.05) is 73.0 Å². The van der Waals surface area contributed by atoms with E-state index in [2.05, 4.69) is 78.1 Å². The van der Waals surface area contributed by atoms with Crippen LogP contribution in [0.2, 0.25) is 0 Å². The lowest BCUT2D eigenvalue weighted by atomic mass is 9.67. The highest BCUT2D eigenvalue weighted by atomic mass is 79.9. The predicted molar refractivity (Wildman–Crippen MR) is 108 cm³/mol. The number of halogens is 1. The largest absolute Gasteiger partial charge is 0.262 e. The minimum absolute atomic E-state index is 0.243. The molecule has 1 aromatic heterocycles. The van der Waals surface area contributed by atoms with Gasteiger partial charge in [0, 0.05) is 5.56 Å². The monoisotopic (exact) mass is 403 g/mol. The van der Waals surface area contributed by atoms with E-state index in [4.69, 9.17) is 4.98 Å². The highest BCUT2D eigenvalue weighted by molar-refractivity contribution is 9.09. The summed E-state index contributed by atoms with van der Waals surface area (Å²) in [6.07, 6.45) is 5.19. The van der Waals surface area contributed by atoms with Crippen molar-refractivity contribution in [3.8, 4) is 11.4 Å². The van der Waals surface area contributed by atoms with E-state index in [0.29, 0.717) is 0 Å². The Kier molecular flexibility index (Phi) is 5.98. The molecule has 1 aliphatic rings. The third-order valence-electron chi connectivity index (χ3n) is 6.04. The van der Waals surface area contributed by atoms with Gasteiger partial charge in [0.15, 0.2) is 5.82 Å². The first-order chi connectivity index (χ1) is 12.0. The highest BCUT2D eigenvalue weighted by Gasteiger charge is 2.34. The van der Waals surface area contributed by atoms with E-state index in [1.807, 2.05) is 0 Å². The summed E-state index contributed by atoms with van der Waals surface area (Å²) in [4.78, 5) is 4.99. The van der Waals surface area contributed by atoms with Crippen LogP contribution in [0.5, 0.6) is 0 Å². The quantitative estimate of drug-likeness (QED) is 0.593. The van der Waals surface area contributed by atoms with Crippen LogP contribution in [0.4, 0.5) is 0 Å². The number of aromatic nitrogens is 3. The second-order valence-corrected chi connectivity index (χ2v) is 9.08. The van der Waals surface area contributed by atoms with Crippen LogP contribution in [0.3, 0.4) is 0 Å². The van der Waals surface area contributed by atoms with Crippen molar-refractivity contribution in [1.82, 2.24) is 15.2 Å². The normalized spacial score (nSPS) is 28.0. The van der Waals surface area contributed by atoms with Gasteiger partial charge in [-0.3, -0.25) is 5.10 Å². The zero-order valence-electron chi connectivity index (χ0n) is 15.8. The predicted octanol–water partition coefficient (Wildman–Crippen LogP) is 6.31. The minimum Gasteiger partial charge on any atom is -0.262 e. The lowest BCUT2D eigenvalue weighted by Gasteiger charge is -2.39. The first kappa shape index (κ1) is 18.6. The minimum atomic E-state index is 0.243. The summed E-state index contributed by atoms with van der Waals surface area (Å²) in [5, 5.41) is 7.58.